The highest BCUT2D eigenvalue weighted by Crippen LogP contribution is 2.28. The van der Waals surface area contributed by atoms with Crippen LogP contribution in [0.2, 0.25) is 0 Å². The van der Waals surface area contributed by atoms with Crippen LogP contribution < -0.4 is 4.90 Å². The van der Waals surface area contributed by atoms with E-state index in [1.54, 1.807) is 0 Å². The van der Waals surface area contributed by atoms with Gasteiger partial charge in [-0.2, -0.15) is 0 Å². The van der Waals surface area contributed by atoms with Gasteiger partial charge in [-0.3, -0.25) is 4.90 Å². The molecule has 3 heterocycles. The zero-order valence-corrected chi connectivity index (χ0v) is 12.5. The molecule has 2 aliphatic rings. The number of hydrogen-bond donors (Lipinski definition) is 0. The third-order valence-electron chi connectivity index (χ3n) is 4.10. The predicted molar refractivity (Wildman–Crippen MR) is 78.1 cm³/mol. The quantitative estimate of drug-likeness (QED) is 0.795. The van der Waals surface area contributed by atoms with Crippen molar-refractivity contribution in [2.75, 3.05) is 31.1 Å². The molecule has 0 amide bonds. The summed E-state index contributed by atoms with van der Waals surface area (Å²) in [6.45, 7) is 6.80. The van der Waals surface area contributed by atoms with Crippen LogP contribution in [0.15, 0.2) is 16.7 Å². The van der Waals surface area contributed by atoms with Crippen LogP contribution >= 0.6 is 15.9 Å². The van der Waals surface area contributed by atoms with E-state index in [0.29, 0.717) is 0 Å². The standard InChI is InChI=1S/C14H20BrN3/c1-11-8-13(15)14(16-9-11)18-7-6-17-5-3-2-4-12(17)10-18/h8-9,12H,2-7,10H2,1H3. The van der Waals surface area contributed by atoms with Gasteiger partial charge in [-0.1, -0.05) is 6.42 Å². The molecule has 3 rings (SSSR count). The van der Waals surface area contributed by atoms with Crippen molar-refractivity contribution in [3.63, 3.8) is 0 Å². The van der Waals surface area contributed by atoms with E-state index in [0.717, 1.165) is 29.4 Å². The SMILES string of the molecule is Cc1cnc(N2CCN3CCCCC3C2)c(Br)c1. The second kappa shape index (κ2) is 5.17. The smallest absolute Gasteiger partial charge is 0.142 e. The molecule has 0 aromatic carbocycles. The summed E-state index contributed by atoms with van der Waals surface area (Å²) in [6, 6.07) is 2.90. The molecule has 18 heavy (non-hydrogen) atoms. The minimum atomic E-state index is 0.738. The Balaban J connectivity index is 1.77. The van der Waals surface area contributed by atoms with Crippen LogP contribution in [0.25, 0.3) is 0 Å². The highest BCUT2D eigenvalue weighted by Gasteiger charge is 2.29. The lowest BCUT2D eigenvalue weighted by atomic mass is 9.99. The fraction of sp³-hybridized carbons (Fsp3) is 0.643. The number of anilines is 1. The lowest BCUT2D eigenvalue weighted by Crippen LogP contribution is -2.55. The van der Waals surface area contributed by atoms with Crippen LogP contribution in [0.5, 0.6) is 0 Å². The van der Waals surface area contributed by atoms with Gasteiger partial charge in [0.1, 0.15) is 5.82 Å². The number of aryl methyl sites for hydroxylation is 1. The topological polar surface area (TPSA) is 19.4 Å². The Morgan fingerprint density at radius 2 is 2.17 bits per heavy atom. The fourth-order valence-electron chi connectivity index (χ4n) is 3.11. The molecular formula is C14H20BrN3. The Morgan fingerprint density at radius 1 is 1.28 bits per heavy atom. The lowest BCUT2D eigenvalue weighted by Gasteiger charge is -2.44. The van der Waals surface area contributed by atoms with Gasteiger partial charge >= 0.3 is 0 Å². The monoisotopic (exact) mass is 309 g/mol. The summed E-state index contributed by atoms with van der Waals surface area (Å²) >= 11 is 3.65. The molecule has 1 atom stereocenters. The summed E-state index contributed by atoms with van der Waals surface area (Å²) in [5.41, 5.74) is 1.21. The molecule has 2 aliphatic heterocycles. The van der Waals surface area contributed by atoms with Crippen molar-refractivity contribution in [1.29, 1.82) is 0 Å². The van der Waals surface area contributed by atoms with Gasteiger partial charge in [0, 0.05) is 31.9 Å². The summed E-state index contributed by atoms with van der Waals surface area (Å²) in [5.74, 6) is 1.12. The molecule has 98 valence electrons. The van der Waals surface area contributed by atoms with E-state index >= 15 is 0 Å². The van der Waals surface area contributed by atoms with Gasteiger partial charge in [0.15, 0.2) is 0 Å². The largest absolute Gasteiger partial charge is 0.353 e. The second-order valence-electron chi connectivity index (χ2n) is 5.45. The molecule has 4 heteroatoms. The molecule has 1 aromatic rings. The molecule has 1 unspecified atom stereocenters. The van der Waals surface area contributed by atoms with E-state index in [1.165, 1.54) is 37.9 Å². The average Bonchev–Trinajstić information content (AvgIpc) is 2.38. The van der Waals surface area contributed by atoms with Gasteiger partial charge in [-0.25, -0.2) is 4.98 Å². The second-order valence-corrected chi connectivity index (χ2v) is 6.30. The maximum atomic E-state index is 4.60. The third-order valence-corrected chi connectivity index (χ3v) is 4.68. The number of piperidine rings is 1. The lowest BCUT2D eigenvalue weighted by molar-refractivity contribution is 0.133. The van der Waals surface area contributed by atoms with Crippen molar-refractivity contribution < 1.29 is 0 Å². The molecule has 0 N–H and O–H groups in total. The van der Waals surface area contributed by atoms with Gasteiger partial charge in [0.2, 0.25) is 0 Å². The summed E-state index contributed by atoms with van der Waals surface area (Å²) in [6.07, 6.45) is 6.08. The zero-order valence-electron chi connectivity index (χ0n) is 10.9. The normalized spacial score (nSPS) is 25.0. The number of pyridine rings is 1. The van der Waals surface area contributed by atoms with E-state index in [-0.39, 0.29) is 0 Å². The van der Waals surface area contributed by atoms with Crippen LogP contribution in [-0.2, 0) is 0 Å². The van der Waals surface area contributed by atoms with Crippen LogP contribution in [0.1, 0.15) is 24.8 Å². The highest BCUT2D eigenvalue weighted by molar-refractivity contribution is 9.10. The van der Waals surface area contributed by atoms with Gasteiger partial charge in [-0.15, -0.1) is 0 Å². The number of halogens is 1. The molecular weight excluding hydrogens is 290 g/mol. The number of fused-ring (bicyclic) bond motifs is 1. The first-order chi connectivity index (χ1) is 8.74. The molecule has 1 aromatic heterocycles. The Labute approximate surface area is 117 Å². The first-order valence-corrected chi connectivity index (χ1v) is 7.64. The van der Waals surface area contributed by atoms with E-state index in [4.69, 9.17) is 0 Å². The molecule has 0 saturated carbocycles. The minimum absolute atomic E-state index is 0.738. The summed E-state index contributed by atoms with van der Waals surface area (Å²) < 4.78 is 1.13. The third kappa shape index (κ3) is 2.41. The van der Waals surface area contributed by atoms with Gasteiger partial charge in [0.25, 0.3) is 0 Å². The summed E-state index contributed by atoms with van der Waals surface area (Å²) in [4.78, 5) is 9.69. The summed E-state index contributed by atoms with van der Waals surface area (Å²) in [5, 5.41) is 0. The van der Waals surface area contributed by atoms with Crippen LogP contribution in [0.3, 0.4) is 0 Å². The van der Waals surface area contributed by atoms with Crippen molar-refractivity contribution in [3.8, 4) is 0 Å². The first-order valence-electron chi connectivity index (χ1n) is 6.85. The van der Waals surface area contributed by atoms with Crippen molar-refractivity contribution in [3.05, 3.63) is 22.3 Å². The number of hydrogen-bond acceptors (Lipinski definition) is 3. The van der Waals surface area contributed by atoms with Crippen molar-refractivity contribution in [2.45, 2.75) is 32.2 Å². The van der Waals surface area contributed by atoms with E-state index < -0.39 is 0 Å². The Morgan fingerprint density at radius 3 is 3.00 bits per heavy atom. The van der Waals surface area contributed by atoms with E-state index in [1.807, 2.05) is 6.20 Å². The maximum Gasteiger partial charge on any atom is 0.142 e. The Bertz CT molecular complexity index is 435. The molecule has 2 fully saturated rings. The molecule has 2 saturated heterocycles. The molecule has 0 aliphatic carbocycles. The highest BCUT2D eigenvalue weighted by atomic mass is 79.9. The predicted octanol–water partition coefficient (Wildman–Crippen LogP) is 2.83. The Kier molecular flexibility index (Phi) is 3.57. The van der Waals surface area contributed by atoms with Gasteiger partial charge in [0.05, 0.1) is 4.47 Å². The van der Waals surface area contributed by atoms with Crippen LogP contribution in [-0.4, -0.2) is 42.1 Å². The van der Waals surface area contributed by atoms with Gasteiger partial charge < -0.3 is 4.90 Å². The van der Waals surface area contributed by atoms with Crippen LogP contribution in [0, 0.1) is 6.92 Å². The van der Waals surface area contributed by atoms with E-state index in [9.17, 15) is 0 Å². The van der Waals surface area contributed by atoms with Crippen LogP contribution in [0.4, 0.5) is 5.82 Å². The number of aromatic nitrogens is 1. The van der Waals surface area contributed by atoms with Crippen molar-refractivity contribution in [1.82, 2.24) is 9.88 Å². The fourth-order valence-corrected chi connectivity index (χ4v) is 3.82. The van der Waals surface area contributed by atoms with Crippen molar-refractivity contribution >= 4 is 21.7 Å². The number of rotatable bonds is 1. The molecule has 3 nitrogen and oxygen atoms in total. The summed E-state index contributed by atoms with van der Waals surface area (Å²) in [7, 11) is 0. The molecule has 0 radical (unpaired) electrons. The average molecular weight is 310 g/mol. The van der Waals surface area contributed by atoms with E-state index in [2.05, 4.69) is 43.7 Å². The Hall–Kier alpha value is -0.610. The zero-order chi connectivity index (χ0) is 12.5. The number of piperazine rings is 1. The minimum Gasteiger partial charge on any atom is -0.353 e. The first kappa shape index (κ1) is 12.4. The molecule has 0 bridgehead atoms. The molecule has 0 spiro atoms. The number of nitrogens with zero attached hydrogens (tertiary/aromatic N) is 3. The van der Waals surface area contributed by atoms with Crippen molar-refractivity contribution in [2.24, 2.45) is 0 Å². The maximum absolute atomic E-state index is 4.60. The van der Waals surface area contributed by atoms with Gasteiger partial charge in [-0.05, 0) is 53.9 Å².